The van der Waals surface area contributed by atoms with Crippen molar-refractivity contribution >= 4 is 23.5 Å². The first kappa shape index (κ1) is 23.3. The van der Waals surface area contributed by atoms with Crippen LogP contribution in [0.25, 0.3) is 0 Å². The van der Waals surface area contributed by atoms with Crippen molar-refractivity contribution in [1.29, 1.82) is 0 Å². The molecule has 1 aliphatic heterocycles. The molecule has 1 heterocycles. The van der Waals surface area contributed by atoms with Crippen LogP contribution in [0.3, 0.4) is 0 Å². The molecular weight excluding hydrogens is 417 g/mol. The smallest absolute Gasteiger partial charge is 0.230 e. The SMILES string of the molecule is CCOc1ccc(C2(CNC(=O)CSc3ccc(C(C)=O)cc3F)CCOCC2)cc1. The maximum atomic E-state index is 14.2. The first-order valence-electron chi connectivity index (χ1n) is 10.4. The zero-order valence-corrected chi connectivity index (χ0v) is 18.7. The highest BCUT2D eigenvalue weighted by Gasteiger charge is 2.34. The van der Waals surface area contributed by atoms with Gasteiger partial charge in [0.1, 0.15) is 11.6 Å². The summed E-state index contributed by atoms with van der Waals surface area (Å²) in [5.41, 5.74) is 1.28. The third-order valence-corrected chi connectivity index (χ3v) is 6.60. The van der Waals surface area contributed by atoms with Crippen LogP contribution in [0.5, 0.6) is 5.75 Å². The van der Waals surface area contributed by atoms with Crippen molar-refractivity contribution in [3.05, 3.63) is 59.4 Å². The molecule has 2 aromatic rings. The second kappa shape index (κ2) is 10.8. The van der Waals surface area contributed by atoms with Gasteiger partial charge in [-0.25, -0.2) is 4.39 Å². The Morgan fingerprint density at radius 3 is 2.48 bits per heavy atom. The van der Waals surface area contributed by atoms with Crippen molar-refractivity contribution in [3.63, 3.8) is 0 Å². The quantitative estimate of drug-likeness (QED) is 0.458. The van der Waals surface area contributed by atoms with Crippen molar-refractivity contribution in [2.45, 2.75) is 37.0 Å². The summed E-state index contributed by atoms with van der Waals surface area (Å²) in [7, 11) is 0. The van der Waals surface area contributed by atoms with Crippen molar-refractivity contribution in [3.8, 4) is 5.75 Å². The minimum atomic E-state index is -0.485. The number of Topliss-reactive ketones (excluding diaryl/α,β-unsaturated/α-hetero) is 1. The number of carbonyl (C=O) groups excluding carboxylic acids is 2. The van der Waals surface area contributed by atoms with Crippen LogP contribution in [0, 0.1) is 5.82 Å². The third kappa shape index (κ3) is 6.08. The Kier molecular flexibility index (Phi) is 8.09. The second-order valence-corrected chi connectivity index (χ2v) is 8.63. The topological polar surface area (TPSA) is 64.6 Å². The molecule has 1 fully saturated rings. The number of carbonyl (C=O) groups is 2. The van der Waals surface area contributed by atoms with E-state index < -0.39 is 5.82 Å². The molecule has 0 saturated carbocycles. The van der Waals surface area contributed by atoms with Gasteiger partial charge >= 0.3 is 0 Å². The second-order valence-electron chi connectivity index (χ2n) is 7.62. The standard InChI is InChI=1S/C24H28FNO4S/c1-3-30-20-7-5-19(6-8-20)24(10-12-29-13-11-24)16-26-23(28)15-31-22-9-4-18(17(2)27)14-21(22)25/h4-9,14H,3,10-13,15-16H2,1-2H3,(H,26,28). The van der Waals surface area contributed by atoms with Gasteiger partial charge in [-0.05, 0) is 56.5 Å². The monoisotopic (exact) mass is 445 g/mol. The highest BCUT2D eigenvalue weighted by Crippen LogP contribution is 2.35. The molecule has 0 spiro atoms. The van der Waals surface area contributed by atoms with Crippen molar-refractivity contribution in [2.75, 3.05) is 32.1 Å². The molecule has 166 valence electrons. The number of thioether (sulfide) groups is 1. The molecule has 1 N–H and O–H groups in total. The fraction of sp³-hybridized carbons (Fsp3) is 0.417. The summed E-state index contributed by atoms with van der Waals surface area (Å²) in [5.74, 6) is 0.0974. The summed E-state index contributed by atoms with van der Waals surface area (Å²) < 4.78 is 25.3. The maximum Gasteiger partial charge on any atom is 0.230 e. The molecule has 0 unspecified atom stereocenters. The largest absolute Gasteiger partial charge is 0.494 e. The number of hydrogen-bond donors (Lipinski definition) is 1. The predicted octanol–water partition coefficient (Wildman–Crippen LogP) is 4.38. The lowest BCUT2D eigenvalue weighted by atomic mass is 9.74. The summed E-state index contributed by atoms with van der Waals surface area (Å²) in [6, 6.07) is 12.4. The summed E-state index contributed by atoms with van der Waals surface area (Å²) in [4.78, 5) is 24.2. The predicted molar refractivity (Wildman–Crippen MR) is 119 cm³/mol. The van der Waals surface area contributed by atoms with Crippen LogP contribution in [-0.4, -0.2) is 43.8 Å². The number of amides is 1. The van der Waals surface area contributed by atoms with E-state index in [0.717, 1.165) is 35.9 Å². The van der Waals surface area contributed by atoms with E-state index in [1.165, 1.54) is 13.0 Å². The van der Waals surface area contributed by atoms with Gasteiger partial charge in [-0.2, -0.15) is 0 Å². The Hall–Kier alpha value is -2.38. The molecule has 0 atom stereocenters. The van der Waals surface area contributed by atoms with Crippen LogP contribution in [0.1, 0.15) is 42.6 Å². The van der Waals surface area contributed by atoms with Gasteiger partial charge in [0, 0.05) is 35.6 Å². The number of hydrogen-bond acceptors (Lipinski definition) is 5. The zero-order valence-electron chi connectivity index (χ0n) is 17.9. The molecule has 1 amide bonds. The van der Waals surface area contributed by atoms with Gasteiger partial charge in [-0.15, -0.1) is 11.8 Å². The first-order valence-corrected chi connectivity index (χ1v) is 11.4. The van der Waals surface area contributed by atoms with Gasteiger partial charge in [0.25, 0.3) is 0 Å². The molecule has 1 saturated heterocycles. The van der Waals surface area contributed by atoms with E-state index in [2.05, 4.69) is 17.4 Å². The molecule has 3 rings (SSSR count). The third-order valence-electron chi connectivity index (χ3n) is 5.55. The van der Waals surface area contributed by atoms with Crippen LogP contribution in [0.15, 0.2) is 47.4 Å². The molecule has 2 aromatic carbocycles. The van der Waals surface area contributed by atoms with Gasteiger partial charge in [0.2, 0.25) is 5.91 Å². The summed E-state index contributed by atoms with van der Waals surface area (Å²) >= 11 is 1.12. The van der Waals surface area contributed by atoms with E-state index in [-0.39, 0.29) is 22.9 Å². The van der Waals surface area contributed by atoms with Crippen molar-refractivity contribution in [1.82, 2.24) is 5.32 Å². The lowest BCUT2D eigenvalue weighted by molar-refractivity contribution is -0.119. The number of ketones is 1. The van der Waals surface area contributed by atoms with E-state index in [0.29, 0.717) is 36.8 Å². The number of nitrogens with one attached hydrogen (secondary N) is 1. The lowest BCUT2D eigenvalue weighted by Gasteiger charge is -2.38. The van der Waals surface area contributed by atoms with E-state index >= 15 is 0 Å². The normalized spacial score (nSPS) is 15.3. The molecule has 1 aliphatic rings. The van der Waals surface area contributed by atoms with E-state index in [4.69, 9.17) is 9.47 Å². The van der Waals surface area contributed by atoms with Crippen molar-refractivity contribution < 1.29 is 23.5 Å². The molecule has 31 heavy (non-hydrogen) atoms. The Morgan fingerprint density at radius 1 is 1.16 bits per heavy atom. The zero-order chi connectivity index (χ0) is 22.3. The molecule has 0 aromatic heterocycles. The van der Waals surface area contributed by atoms with Crippen LogP contribution in [0.4, 0.5) is 4.39 Å². The van der Waals surface area contributed by atoms with Crippen LogP contribution in [0.2, 0.25) is 0 Å². The molecule has 0 aliphatic carbocycles. The van der Waals surface area contributed by atoms with Crippen LogP contribution < -0.4 is 10.1 Å². The minimum Gasteiger partial charge on any atom is -0.494 e. The van der Waals surface area contributed by atoms with Crippen LogP contribution >= 0.6 is 11.8 Å². The highest BCUT2D eigenvalue weighted by atomic mass is 32.2. The average molecular weight is 446 g/mol. The summed E-state index contributed by atoms with van der Waals surface area (Å²) in [6.45, 7) is 5.74. The van der Waals surface area contributed by atoms with Gasteiger partial charge in [0.05, 0.1) is 12.4 Å². The fourth-order valence-electron chi connectivity index (χ4n) is 3.70. The fourth-order valence-corrected chi connectivity index (χ4v) is 4.45. The van der Waals surface area contributed by atoms with Crippen LogP contribution in [-0.2, 0) is 14.9 Å². The summed E-state index contributed by atoms with van der Waals surface area (Å²) in [5, 5.41) is 3.03. The van der Waals surface area contributed by atoms with Crippen molar-refractivity contribution in [2.24, 2.45) is 0 Å². The molecule has 0 radical (unpaired) electrons. The number of ether oxygens (including phenoxy) is 2. The Balaban J connectivity index is 1.61. The lowest BCUT2D eigenvalue weighted by Crippen LogP contribution is -2.45. The Bertz CT molecular complexity index is 910. The Labute approximate surface area is 186 Å². The van der Waals surface area contributed by atoms with E-state index in [1.807, 2.05) is 19.1 Å². The average Bonchev–Trinajstić information content (AvgIpc) is 2.78. The Morgan fingerprint density at radius 2 is 1.87 bits per heavy atom. The number of rotatable bonds is 9. The molecule has 0 bridgehead atoms. The number of benzene rings is 2. The molecule has 5 nitrogen and oxygen atoms in total. The van der Waals surface area contributed by atoms with Gasteiger partial charge in [-0.1, -0.05) is 18.2 Å². The van der Waals surface area contributed by atoms with Gasteiger partial charge in [0.15, 0.2) is 5.78 Å². The highest BCUT2D eigenvalue weighted by molar-refractivity contribution is 8.00. The number of halogens is 1. The first-order chi connectivity index (χ1) is 14.9. The van der Waals surface area contributed by atoms with Gasteiger partial charge < -0.3 is 14.8 Å². The van der Waals surface area contributed by atoms with E-state index in [1.54, 1.807) is 12.1 Å². The molecule has 7 heteroatoms. The van der Waals surface area contributed by atoms with Gasteiger partial charge in [-0.3, -0.25) is 9.59 Å². The maximum absolute atomic E-state index is 14.2. The van der Waals surface area contributed by atoms with E-state index in [9.17, 15) is 14.0 Å². The minimum absolute atomic E-state index is 0.103. The summed E-state index contributed by atoms with van der Waals surface area (Å²) in [6.07, 6.45) is 1.63. The molecular formula is C24H28FNO4S.